The Hall–Kier alpha value is -4.11. The van der Waals surface area contributed by atoms with Crippen LogP contribution >= 0.6 is 0 Å². The molecule has 0 aliphatic carbocycles. The second-order valence-electron chi connectivity index (χ2n) is 7.90. The Bertz CT molecular complexity index is 1330. The number of nitrogens with zero attached hydrogens (tertiary/aromatic N) is 5. The number of hydrogen-bond acceptors (Lipinski definition) is 9. The molecule has 1 aromatic carbocycles. The number of anilines is 1. The Morgan fingerprint density at radius 1 is 1.14 bits per heavy atom. The van der Waals surface area contributed by atoms with Crippen molar-refractivity contribution in [1.29, 1.82) is 0 Å². The maximum atomic E-state index is 13.0. The summed E-state index contributed by atoms with van der Waals surface area (Å²) < 4.78 is 46.0. The first-order valence-corrected chi connectivity index (χ1v) is 10.2. The highest BCUT2D eigenvalue weighted by molar-refractivity contribution is 6.21. The molecule has 12 nitrogen and oxygen atoms in total. The maximum absolute atomic E-state index is 13.0. The van der Waals surface area contributed by atoms with Crippen LogP contribution in [0.3, 0.4) is 0 Å². The van der Waals surface area contributed by atoms with Crippen molar-refractivity contribution in [2.75, 3.05) is 12.3 Å². The topological polar surface area (TPSA) is 166 Å². The minimum atomic E-state index is -5.24. The lowest BCUT2D eigenvalue weighted by Crippen LogP contribution is -2.51. The Labute approximate surface area is 193 Å². The average molecular weight is 491 g/mol. The third-order valence-electron chi connectivity index (χ3n) is 5.83. The number of fused-ring (bicyclic) bond motifs is 2. The lowest BCUT2D eigenvalue weighted by molar-refractivity contribution is -0.175. The second kappa shape index (κ2) is 7.99. The summed E-state index contributed by atoms with van der Waals surface area (Å²) in [4.78, 5) is 49.8. The summed E-state index contributed by atoms with van der Waals surface area (Å²) in [5.41, 5.74) is 6.25. The number of carbonyl (C=O) groups excluding carboxylic acids is 3. The Morgan fingerprint density at radius 3 is 2.43 bits per heavy atom. The van der Waals surface area contributed by atoms with Crippen LogP contribution in [0.1, 0.15) is 26.9 Å². The Balaban J connectivity index is 1.48. The molecule has 0 saturated carbocycles. The molecule has 2 aromatic heterocycles. The molecule has 2 aliphatic rings. The first-order chi connectivity index (χ1) is 16.6. The number of aromatic nitrogens is 4. The highest BCUT2D eigenvalue weighted by Gasteiger charge is 2.51. The zero-order valence-electron chi connectivity index (χ0n) is 17.5. The molecule has 15 heteroatoms. The maximum Gasteiger partial charge on any atom is 0.471 e. The number of imidazole rings is 1. The van der Waals surface area contributed by atoms with Gasteiger partial charge in [-0.25, -0.2) is 15.0 Å². The first-order valence-electron chi connectivity index (χ1n) is 10.2. The summed E-state index contributed by atoms with van der Waals surface area (Å²) >= 11 is 0. The lowest BCUT2D eigenvalue weighted by Gasteiger charge is -2.23. The third kappa shape index (κ3) is 3.64. The minimum absolute atomic E-state index is 0.00857. The molecule has 0 radical (unpaired) electrons. The van der Waals surface area contributed by atoms with Gasteiger partial charge in [-0.3, -0.25) is 23.9 Å². The number of amides is 3. The molecule has 4 heterocycles. The average Bonchev–Trinajstić information content (AvgIpc) is 3.45. The second-order valence-corrected chi connectivity index (χ2v) is 7.90. The molecule has 4 N–H and O–H groups in total. The molecule has 1 saturated heterocycles. The molecule has 4 atom stereocenters. The highest BCUT2D eigenvalue weighted by Crippen LogP contribution is 2.34. The van der Waals surface area contributed by atoms with Gasteiger partial charge in [-0.2, -0.15) is 13.2 Å². The predicted molar refractivity (Wildman–Crippen MR) is 109 cm³/mol. The van der Waals surface area contributed by atoms with Gasteiger partial charge in [0.1, 0.15) is 30.1 Å². The molecule has 1 fully saturated rings. The van der Waals surface area contributed by atoms with Crippen molar-refractivity contribution >= 4 is 34.7 Å². The number of aliphatic hydroxyl groups excluding tert-OH is 1. The number of halogens is 3. The van der Waals surface area contributed by atoms with Crippen LogP contribution in [0.25, 0.3) is 11.2 Å². The van der Waals surface area contributed by atoms with Crippen molar-refractivity contribution in [2.24, 2.45) is 0 Å². The van der Waals surface area contributed by atoms with E-state index in [1.165, 1.54) is 16.7 Å². The number of nitrogens with one attached hydrogen (secondary N) is 1. The fourth-order valence-corrected chi connectivity index (χ4v) is 4.16. The molecule has 182 valence electrons. The van der Waals surface area contributed by atoms with Gasteiger partial charge in [-0.05, 0) is 12.1 Å². The van der Waals surface area contributed by atoms with Crippen LogP contribution in [0.5, 0.6) is 0 Å². The SMILES string of the molecule is Nc1ncnc2c1ncn2[C@@H]1O[C@H](CN2C(=O)c3ccccc3C2=O)[C@@H](O)[C@H]1NC(=O)C(F)(F)F. The summed E-state index contributed by atoms with van der Waals surface area (Å²) in [5, 5.41) is 12.6. The van der Waals surface area contributed by atoms with E-state index < -0.39 is 54.9 Å². The zero-order chi connectivity index (χ0) is 25.1. The van der Waals surface area contributed by atoms with E-state index in [9.17, 15) is 32.7 Å². The molecule has 5 rings (SSSR count). The molecule has 3 amide bonds. The standard InChI is InChI=1S/C20H16F3N7O5/c21-20(22,23)19(34)28-11-13(31)10(5-29-16(32)8-3-1-2-4-9(8)17(29)33)35-18(11)30-7-27-12-14(24)25-6-26-15(12)30/h1-4,6-7,10-11,13,18,31H,5H2,(H,28,34)(H2,24,25,26)/t10-,11-,13-,18-/m1/s1. The number of ether oxygens (including phenoxy) is 1. The number of imide groups is 1. The van der Waals surface area contributed by atoms with Crippen LogP contribution in [0.4, 0.5) is 19.0 Å². The first kappa shape index (κ1) is 22.7. The molecule has 35 heavy (non-hydrogen) atoms. The normalized spacial score (nSPS) is 24.3. The van der Waals surface area contributed by atoms with Gasteiger partial charge in [0.25, 0.3) is 11.8 Å². The summed E-state index contributed by atoms with van der Waals surface area (Å²) in [5.74, 6) is -3.61. The fourth-order valence-electron chi connectivity index (χ4n) is 4.16. The summed E-state index contributed by atoms with van der Waals surface area (Å²) in [6.45, 7) is -0.480. The Morgan fingerprint density at radius 2 is 1.80 bits per heavy atom. The van der Waals surface area contributed by atoms with Crippen LogP contribution < -0.4 is 11.1 Å². The molecule has 0 spiro atoms. The van der Waals surface area contributed by atoms with Gasteiger partial charge in [0.2, 0.25) is 0 Å². The number of rotatable bonds is 4. The van der Waals surface area contributed by atoms with Crippen molar-refractivity contribution in [2.45, 2.75) is 30.7 Å². The van der Waals surface area contributed by atoms with E-state index in [-0.39, 0.29) is 28.1 Å². The minimum Gasteiger partial charge on any atom is -0.388 e. The van der Waals surface area contributed by atoms with Crippen LogP contribution in [0.2, 0.25) is 0 Å². The summed E-state index contributed by atoms with van der Waals surface area (Å²) in [6, 6.07) is 4.42. The number of aliphatic hydroxyl groups is 1. The predicted octanol–water partition coefficient (Wildman–Crippen LogP) is 0.0101. The van der Waals surface area contributed by atoms with Crippen LogP contribution in [0, 0.1) is 0 Å². The fraction of sp³-hybridized carbons (Fsp3) is 0.300. The van der Waals surface area contributed by atoms with Gasteiger partial charge in [0.05, 0.1) is 24.0 Å². The van der Waals surface area contributed by atoms with Crippen molar-refractivity contribution in [3.63, 3.8) is 0 Å². The summed E-state index contributed by atoms with van der Waals surface area (Å²) in [6.07, 6.45) is -7.51. The van der Waals surface area contributed by atoms with E-state index in [0.717, 1.165) is 17.6 Å². The van der Waals surface area contributed by atoms with Crippen LogP contribution in [-0.2, 0) is 9.53 Å². The van der Waals surface area contributed by atoms with Crippen molar-refractivity contribution in [3.05, 3.63) is 48.0 Å². The van der Waals surface area contributed by atoms with E-state index in [2.05, 4.69) is 15.0 Å². The quantitative estimate of drug-likeness (QED) is 0.426. The van der Waals surface area contributed by atoms with E-state index >= 15 is 0 Å². The monoisotopic (exact) mass is 491 g/mol. The molecule has 3 aromatic rings. The number of benzene rings is 1. The third-order valence-corrected chi connectivity index (χ3v) is 5.83. The van der Waals surface area contributed by atoms with Gasteiger partial charge >= 0.3 is 12.1 Å². The highest BCUT2D eigenvalue weighted by atomic mass is 19.4. The van der Waals surface area contributed by atoms with Gasteiger partial charge in [0.15, 0.2) is 17.7 Å². The molecular formula is C20H16F3N7O5. The molecular weight excluding hydrogens is 475 g/mol. The van der Waals surface area contributed by atoms with Crippen molar-refractivity contribution in [3.8, 4) is 0 Å². The van der Waals surface area contributed by atoms with Crippen LogP contribution in [0.15, 0.2) is 36.9 Å². The number of alkyl halides is 3. The van der Waals surface area contributed by atoms with Gasteiger partial charge in [-0.1, -0.05) is 12.1 Å². The van der Waals surface area contributed by atoms with E-state index in [4.69, 9.17) is 10.5 Å². The van der Waals surface area contributed by atoms with Crippen molar-refractivity contribution in [1.82, 2.24) is 29.7 Å². The number of nitrogen functional groups attached to an aromatic ring is 1. The summed E-state index contributed by atoms with van der Waals surface area (Å²) in [7, 11) is 0. The van der Waals surface area contributed by atoms with E-state index in [1.807, 2.05) is 0 Å². The molecule has 2 aliphatic heterocycles. The van der Waals surface area contributed by atoms with Gasteiger partial charge in [-0.15, -0.1) is 0 Å². The molecule has 0 bridgehead atoms. The zero-order valence-corrected chi connectivity index (χ0v) is 17.5. The number of carbonyl (C=O) groups is 3. The number of hydrogen-bond donors (Lipinski definition) is 3. The van der Waals surface area contributed by atoms with E-state index in [0.29, 0.717) is 0 Å². The number of nitrogens with two attached hydrogens (primary N) is 1. The largest absolute Gasteiger partial charge is 0.471 e. The van der Waals surface area contributed by atoms with Gasteiger partial charge in [0, 0.05) is 0 Å². The van der Waals surface area contributed by atoms with Crippen LogP contribution in [-0.4, -0.2) is 78.2 Å². The Kier molecular flexibility index (Phi) is 5.17. The molecule has 0 unspecified atom stereocenters. The van der Waals surface area contributed by atoms with Gasteiger partial charge < -0.3 is 20.9 Å². The lowest BCUT2D eigenvalue weighted by atomic mass is 10.1. The van der Waals surface area contributed by atoms with E-state index in [1.54, 1.807) is 17.4 Å². The van der Waals surface area contributed by atoms with Crippen molar-refractivity contribution < 1.29 is 37.4 Å². The smallest absolute Gasteiger partial charge is 0.388 e.